The number of nitrogens with one attached hydrogen (secondary N) is 1. The number of alkyl halides is 2. The van der Waals surface area contributed by atoms with Crippen LogP contribution in [0.15, 0.2) is 18.2 Å². The van der Waals surface area contributed by atoms with Crippen molar-refractivity contribution >= 4 is 18.3 Å². The molecule has 1 aromatic carbocycles. The third kappa shape index (κ3) is 4.78. The number of carbonyl (C=O) groups excluding carboxylic acids is 1. The number of halogens is 4. The summed E-state index contributed by atoms with van der Waals surface area (Å²) >= 11 is 0. The van der Waals surface area contributed by atoms with Crippen LogP contribution in [0.5, 0.6) is 5.75 Å². The van der Waals surface area contributed by atoms with E-state index in [-0.39, 0.29) is 30.6 Å². The number of hydrogen-bond acceptors (Lipinski definition) is 3. The van der Waals surface area contributed by atoms with Crippen LogP contribution in [-0.4, -0.2) is 25.1 Å². The standard InChI is InChI=1S/C13H15F3N2O2.ClH/c14-8-3-4-9(11(5-8)20-13(15)16)12(19)18-10(6-17)7-1-2-7;/h3-5,7,10,13H,1-2,6,17H2,(H,18,19);1H. The van der Waals surface area contributed by atoms with Crippen LogP contribution in [0.3, 0.4) is 0 Å². The van der Waals surface area contributed by atoms with Gasteiger partial charge in [0.05, 0.1) is 5.56 Å². The molecule has 1 atom stereocenters. The Hall–Kier alpha value is -1.47. The predicted octanol–water partition coefficient (Wildman–Crippen LogP) is 2.32. The first kappa shape index (κ1) is 17.6. The first-order valence-electron chi connectivity index (χ1n) is 6.26. The van der Waals surface area contributed by atoms with Crippen LogP contribution in [0.2, 0.25) is 0 Å². The highest BCUT2D eigenvalue weighted by Crippen LogP contribution is 2.32. The average Bonchev–Trinajstić information content (AvgIpc) is 3.19. The fourth-order valence-corrected chi connectivity index (χ4v) is 1.99. The van der Waals surface area contributed by atoms with Gasteiger partial charge in [0.15, 0.2) is 0 Å². The van der Waals surface area contributed by atoms with Crippen LogP contribution in [0, 0.1) is 11.7 Å². The fraction of sp³-hybridized carbons (Fsp3) is 0.462. The van der Waals surface area contributed by atoms with Crippen molar-refractivity contribution < 1.29 is 22.7 Å². The van der Waals surface area contributed by atoms with E-state index in [0.29, 0.717) is 5.92 Å². The summed E-state index contributed by atoms with van der Waals surface area (Å²) in [6.45, 7) is -2.86. The molecular weight excluding hydrogens is 309 g/mol. The molecule has 1 saturated carbocycles. The zero-order valence-electron chi connectivity index (χ0n) is 11.0. The highest BCUT2D eigenvalue weighted by atomic mass is 35.5. The third-order valence-electron chi connectivity index (χ3n) is 3.17. The number of rotatable bonds is 6. The van der Waals surface area contributed by atoms with Gasteiger partial charge in [-0.1, -0.05) is 0 Å². The molecule has 1 unspecified atom stereocenters. The van der Waals surface area contributed by atoms with Crippen LogP contribution in [0.4, 0.5) is 13.2 Å². The van der Waals surface area contributed by atoms with Gasteiger partial charge in [0, 0.05) is 18.7 Å². The minimum absolute atomic E-state index is 0. The van der Waals surface area contributed by atoms with Gasteiger partial charge < -0.3 is 15.8 Å². The fourth-order valence-electron chi connectivity index (χ4n) is 1.99. The van der Waals surface area contributed by atoms with Gasteiger partial charge in [-0.05, 0) is 30.9 Å². The van der Waals surface area contributed by atoms with Crippen LogP contribution >= 0.6 is 12.4 Å². The van der Waals surface area contributed by atoms with Crippen molar-refractivity contribution in [2.24, 2.45) is 11.7 Å². The van der Waals surface area contributed by atoms with Gasteiger partial charge >= 0.3 is 6.61 Å². The lowest BCUT2D eigenvalue weighted by Gasteiger charge is -2.17. The monoisotopic (exact) mass is 324 g/mol. The first-order chi connectivity index (χ1) is 9.51. The Morgan fingerprint density at radius 3 is 2.62 bits per heavy atom. The van der Waals surface area contributed by atoms with Gasteiger partial charge in [0.2, 0.25) is 0 Å². The van der Waals surface area contributed by atoms with Crippen LogP contribution in [-0.2, 0) is 0 Å². The van der Waals surface area contributed by atoms with Crippen molar-refractivity contribution in [2.75, 3.05) is 6.54 Å². The van der Waals surface area contributed by atoms with Gasteiger partial charge in [-0.15, -0.1) is 12.4 Å². The molecule has 1 aliphatic rings. The maximum absolute atomic E-state index is 13.1. The highest BCUT2D eigenvalue weighted by Gasteiger charge is 2.32. The molecule has 0 spiro atoms. The molecule has 0 radical (unpaired) electrons. The topological polar surface area (TPSA) is 64.3 Å². The normalized spacial score (nSPS) is 15.3. The van der Waals surface area contributed by atoms with Crippen LogP contribution in [0.25, 0.3) is 0 Å². The number of ether oxygens (including phenoxy) is 1. The highest BCUT2D eigenvalue weighted by molar-refractivity contribution is 5.97. The number of nitrogens with two attached hydrogens (primary N) is 1. The summed E-state index contributed by atoms with van der Waals surface area (Å²) in [7, 11) is 0. The molecule has 2 rings (SSSR count). The van der Waals surface area contributed by atoms with Gasteiger partial charge in [-0.25, -0.2) is 4.39 Å². The molecule has 3 N–H and O–H groups in total. The SMILES string of the molecule is Cl.NCC(NC(=O)c1ccc(F)cc1OC(F)F)C1CC1. The van der Waals surface area contributed by atoms with Crippen molar-refractivity contribution in [3.8, 4) is 5.75 Å². The molecule has 118 valence electrons. The molecule has 1 fully saturated rings. The first-order valence-corrected chi connectivity index (χ1v) is 6.26. The van der Waals surface area contributed by atoms with E-state index in [4.69, 9.17) is 5.73 Å². The van der Waals surface area contributed by atoms with E-state index in [9.17, 15) is 18.0 Å². The lowest BCUT2D eigenvalue weighted by molar-refractivity contribution is -0.0503. The second-order valence-corrected chi connectivity index (χ2v) is 4.67. The summed E-state index contributed by atoms with van der Waals surface area (Å²) in [5.41, 5.74) is 5.42. The van der Waals surface area contributed by atoms with E-state index in [1.54, 1.807) is 0 Å². The summed E-state index contributed by atoms with van der Waals surface area (Å²) < 4.78 is 41.8. The Labute approximate surface area is 126 Å². The molecule has 4 nitrogen and oxygen atoms in total. The second kappa shape index (κ2) is 7.51. The quantitative estimate of drug-likeness (QED) is 0.844. The average molecular weight is 325 g/mol. The molecule has 0 heterocycles. The summed E-state index contributed by atoms with van der Waals surface area (Å²) in [5.74, 6) is -1.51. The Balaban J connectivity index is 0.00000220. The van der Waals surface area contributed by atoms with Gasteiger partial charge in [-0.3, -0.25) is 4.79 Å². The van der Waals surface area contributed by atoms with Crippen molar-refractivity contribution in [3.63, 3.8) is 0 Å². The molecule has 0 aliphatic heterocycles. The molecule has 8 heteroatoms. The minimum Gasteiger partial charge on any atom is -0.434 e. The van der Waals surface area contributed by atoms with Crippen molar-refractivity contribution in [3.05, 3.63) is 29.6 Å². The zero-order valence-corrected chi connectivity index (χ0v) is 11.8. The Morgan fingerprint density at radius 2 is 2.10 bits per heavy atom. The summed E-state index contributed by atoms with van der Waals surface area (Å²) in [6, 6.07) is 2.69. The third-order valence-corrected chi connectivity index (χ3v) is 3.17. The molecule has 0 saturated heterocycles. The van der Waals surface area contributed by atoms with E-state index in [1.165, 1.54) is 0 Å². The molecule has 0 bridgehead atoms. The maximum Gasteiger partial charge on any atom is 0.387 e. The lowest BCUT2D eigenvalue weighted by atomic mass is 10.1. The van der Waals surface area contributed by atoms with E-state index in [1.807, 2.05) is 0 Å². The molecular formula is C13H16ClF3N2O2. The van der Waals surface area contributed by atoms with Crippen LogP contribution in [0.1, 0.15) is 23.2 Å². The van der Waals surface area contributed by atoms with Gasteiger partial charge in [0.1, 0.15) is 11.6 Å². The van der Waals surface area contributed by atoms with Crippen molar-refractivity contribution in [1.82, 2.24) is 5.32 Å². The van der Waals surface area contributed by atoms with Crippen molar-refractivity contribution in [1.29, 1.82) is 0 Å². The van der Waals surface area contributed by atoms with Crippen molar-refractivity contribution in [2.45, 2.75) is 25.5 Å². The molecule has 1 aliphatic carbocycles. The maximum atomic E-state index is 13.1. The summed E-state index contributed by atoms with van der Waals surface area (Å²) in [5, 5.41) is 2.67. The minimum atomic E-state index is -3.13. The van der Waals surface area contributed by atoms with Gasteiger partial charge in [0.25, 0.3) is 5.91 Å². The number of carbonyl (C=O) groups is 1. The largest absolute Gasteiger partial charge is 0.434 e. The number of benzene rings is 1. The van der Waals surface area contributed by atoms with E-state index in [2.05, 4.69) is 10.1 Å². The Morgan fingerprint density at radius 1 is 1.43 bits per heavy atom. The van der Waals surface area contributed by atoms with Crippen LogP contribution < -0.4 is 15.8 Å². The summed E-state index contributed by atoms with van der Waals surface area (Å²) in [6.07, 6.45) is 1.96. The molecule has 1 amide bonds. The predicted molar refractivity (Wildman–Crippen MR) is 73.3 cm³/mol. The lowest BCUT2D eigenvalue weighted by Crippen LogP contribution is -2.41. The molecule has 1 aromatic rings. The molecule has 21 heavy (non-hydrogen) atoms. The number of hydrogen-bond donors (Lipinski definition) is 2. The summed E-state index contributed by atoms with van der Waals surface area (Å²) in [4.78, 5) is 12.0. The molecule has 0 aromatic heterocycles. The van der Waals surface area contributed by atoms with E-state index in [0.717, 1.165) is 31.0 Å². The Bertz CT molecular complexity index is 498. The zero-order chi connectivity index (χ0) is 14.7. The van der Waals surface area contributed by atoms with E-state index < -0.39 is 24.1 Å². The van der Waals surface area contributed by atoms with Gasteiger partial charge in [-0.2, -0.15) is 8.78 Å². The van der Waals surface area contributed by atoms with E-state index >= 15 is 0 Å². The second-order valence-electron chi connectivity index (χ2n) is 4.67. The smallest absolute Gasteiger partial charge is 0.387 e. The Kier molecular flexibility index (Phi) is 6.29. The number of amides is 1.